The monoisotopic (exact) mass is 488 g/mol. The van der Waals surface area contributed by atoms with Crippen LogP contribution in [0.2, 0.25) is 0 Å². The van der Waals surface area contributed by atoms with Gasteiger partial charge in [0.2, 0.25) is 10.0 Å². The van der Waals surface area contributed by atoms with Crippen LogP contribution in [0, 0.1) is 0 Å². The van der Waals surface area contributed by atoms with Gasteiger partial charge >= 0.3 is 5.97 Å². The molecule has 4 rings (SSSR count). The Morgan fingerprint density at radius 3 is 2.56 bits per heavy atom. The van der Waals surface area contributed by atoms with Gasteiger partial charge in [-0.05, 0) is 37.5 Å². The maximum Gasteiger partial charge on any atom is 0.325 e. The van der Waals surface area contributed by atoms with E-state index in [0.29, 0.717) is 44.1 Å². The number of hydrogen-bond acceptors (Lipinski definition) is 7. The molecular weight excluding hydrogens is 460 g/mol. The Morgan fingerprint density at radius 1 is 1.12 bits per heavy atom. The predicted octanol–water partition coefficient (Wildman–Crippen LogP) is 2.20. The minimum Gasteiger partial charge on any atom is -0.486 e. The number of fused-ring (bicyclic) bond motifs is 1. The van der Waals surface area contributed by atoms with Crippen LogP contribution in [0.25, 0.3) is 0 Å². The van der Waals surface area contributed by atoms with E-state index in [9.17, 15) is 18.0 Å². The second-order valence-electron chi connectivity index (χ2n) is 8.34. The summed E-state index contributed by atoms with van der Waals surface area (Å²) in [6, 6.07) is 12.9. The number of carbonyl (C=O) groups excluding carboxylic acids is 2. The molecule has 2 aliphatic heterocycles. The molecule has 2 aliphatic rings. The van der Waals surface area contributed by atoms with Gasteiger partial charge in [-0.2, -0.15) is 4.31 Å². The molecule has 2 unspecified atom stereocenters. The fourth-order valence-electron chi connectivity index (χ4n) is 4.13. The highest BCUT2D eigenvalue weighted by atomic mass is 32.2. The Bertz CT molecular complexity index is 1150. The van der Waals surface area contributed by atoms with Gasteiger partial charge in [-0.3, -0.25) is 9.59 Å². The van der Waals surface area contributed by atoms with Gasteiger partial charge < -0.3 is 19.1 Å². The third kappa shape index (κ3) is 5.02. The maximum absolute atomic E-state index is 13.3. The maximum atomic E-state index is 13.3. The highest BCUT2D eigenvalue weighted by molar-refractivity contribution is 7.89. The molecule has 2 heterocycles. The highest BCUT2D eigenvalue weighted by Crippen LogP contribution is 2.35. The molecule has 2 atom stereocenters. The number of rotatable bonds is 7. The third-order valence-electron chi connectivity index (χ3n) is 5.88. The van der Waals surface area contributed by atoms with E-state index in [4.69, 9.17) is 14.2 Å². The number of esters is 1. The van der Waals surface area contributed by atoms with E-state index in [-0.39, 0.29) is 17.3 Å². The van der Waals surface area contributed by atoms with E-state index in [0.717, 1.165) is 9.87 Å². The number of benzene rings is 2. The van der Waals surface area contributed by atoms with E-state index in [1.807, 2.05) is 30.3 Å². The third-order valence-corrected chi connectivity index (χ3v) is 7.78. The summed E-state index contributed by atoms with van der Waals surface area (Å²) in [5.41, 5.74) is 0.948. The smallest absolute Gasteiger partial charge is 0.325 e. The van der Waals surface area contributed by atoms with Gasteiger partial charge in [-0.15, -0.1) is 0 Å². The molecular formula is C24H28N2O7S. The van der Waals surface area contributed by atoms with Crippen molar-refractivity contribution in [1.82, 2.24) is 9.21 Å². The van der Waals surface area contributed by atoms with Crippen molar-refractivity contribution in [3.63, 3.8) is 0 Å². The summed E-state index contributed by atoms with van der Waals surface area (Å²) in [6.07, 6.45) is -0.205. The van der Waals surface area contributed by atoms with E-state index in [1.54, 1.807) is 13.1 Å². The fourth-order valence-corrected chi connectivity index (χ4v) is 5.79. The second kappa shape index (κ2) is 10.0. The number of sulfonamides is 1. The largest absolute Gasteiger partial charge is 0.486 e. The number of amides is 1. The van der Waals surface area contributed by atoms with E-state index >= 15 is 0 Å². The normalized spacial score (nSPS) is 18.8. The Kier molecular flexibility index (Phi) is 7.08. The summed E-state index contributed by atoms with van der Waals surface area (Å²) in [6.45, 7) is 2.79. The second-order valence-corrected chi connectivity index (χ2v) is 10.2. The first kappa shape index (κ1) is 24.0. The molecule has 1 saturated heterocycles. The summed E-state index contributed by atoms with van der Waals surface area (Å²) in [4.78, 5) is 27.1. The van der Waals surface area contributed by atoms with Gasteiger partial charge in [-0.1, -0.05) is 30.3 Å². The van der Waals surface area contributed by atoms with Gasteiger partial charge in [0.15, 0.2) is 17.6 Å². The van der Waals surface area contributed by atoms with Crippen molar-refractivity contribution in [1.29, 1.82) is 0 Å². The van der Waals surface area contributed by atoms with Crippen LogP contribution in [0.5, 0.6) is 11.5 Å². The summed E-state index contributed by atoms with van der Waals surface area (Å²) in [5.74, 6) is -0.259. The zero-order valence-electron chi connectivity index (χ0n) is 19.2. The molecule has 2 aromatic rings. The van der Waals surface area contributed by atoms with Crippen molar-refractivity contribution in [2.24, 2.45) is 0 Å². The van der Waals surface area contributed by atoms with Gasteiger partial charge in [0, 0.05) is 26.2 Å². The molecule has 0 aliphatic carbocycles. The van der Waals surface area contributed by atoms with Gasteiger partial charge in [0.25, 0.3) is 5.91 Å². The first-order valence-corrected chi connectivity index (χ1v) is 12.6. The molecule has 0 saturated carbocycles. The fraction of sp³-hybridized carbons (Fsp3) is 0.417. The molecule has 0 N–H and O–H groups in total. The molecule has 0 aromatic heterocycles. The summed E-state index contributed by atoms with van der Waals surface area (Å²) < 4.78 is 44.1. The zero-order valence-corrected chi connectivity index (χ0v) is 20.0. The topological polar surface area (TPSA) is 102 Å². The summed E-state index contributed by atoms with van der Waals surface area (Å²) in [5, 5.41) is 0. The lowest BCUT2D eigenvalue weighted by Gasteiger charge is -2.26. The van der Waals surface area contributed by atoms with E-state index in [2.05, 4.69) is 0 Å². The molecule has 10 heteroatoms. The van der Waals surface area contributed by atoms with Crippen LogP contribution in [0.3, 0.4) is 0 Å². The number of ether oxygens (including phenoxy) is 3. The average Bonchev–Trinajstić information content (AvgIpc) is 3.35. The van der Waals surface area contributed by atoms with Crippen molar-refractivity contribution in [2.75, 3.05) is 26.8 Å². The molecule has 0 radical (unpaired) electrons. The number of nitrogens with zero attached hydrogens (tertiary/aromatic N) is 2. The van der Waals surface area contributed by atoms with Crippen LogP contribution >= 0.6 is 0 Å². The molecule has 0 bridgehead atoms. The Hall–Kier alpha value is -3.11. The molecule has 2 aromatic carbocycles. The van der Waals surface area contributed by atoms with Crippen molar-refractivity contribution < 1.29 is 32.2 Å². The standard InChI is InChI=1S/C24H28N2O7S/c1-17(23(27)25(2)16-18-7-4-3-5-8-18)33-24(28)20-9-6-12-26(20)34(29,30)19-10-11-21-22(15-19)32-14-13-31-21/h3-5,7-8,10-11,15,17,20H,6,9,12-14,16H2,1-2H3. The lowest BCUT2D eigenvalue weighted by molar-refractivity contribution is -0.161. The van der Waals surface area contributed by atoms with E-state index < -0.39 is 28.1 Å². The van der Waals surface area contributed by atoms with Crippen LogP contribution in [0.15, 0.2) is 53.4 Å². The Labute approximate surface area is 199 Å². The molecule has 182 valence electrons. The van der Waals surface area contributed by atoms with Crippen LogP contribution in [-0.2, 0) is 30.9 Å². The number of hydrogen-bond donors (Lipinski definition) is 0. The van der Waals surface area contributed by atoms with Gasteiger partial charge in [-0.25, -0.2) is 8.42 Å². The average molecular weight is 489 g/mol. The Balaban J connectivity index is 1.43. The van der Waals surface area contributed by atoms with Crippen molar-refractivity contribution >= 4 is 21.9 Å². The lowest BCUT2D eigenvalue weighted by Crippen LogP contribution is -2.44. The first-order valence-electron chi connectivity index (χ1n) is 11.2. The number of carbonyl (C=O) groups is 2. The van der Waals surface area contributed by atoms with Crippen LogP contribution in [-0.4, -0.2) is 68.5 Å². The summed E-state index contributed by atoms with van der Waals surface area (Å²) in [7, 11) is -2.35. The van der Waals surface area contributed by atoms with Crippen molar-refractivity contribution in [2.45, 2.75) is 43.4 Å². The minimum absolute atomic E-state index is 0.0168. The quantitative estimate of drug-likeness (QED) is 0.551. The SMILES string of the molecule is CC(OC(=O)C1CCCN1S(=O)(=O)c1ccc2c(c1)OCCO2)C(=O)N(C)Cc1ccccc1. The minimum atomic E-state index is -3.98. The van der Waals surface area contributed by atoms with Gasteiger partial charge in [0.1, 0.15) is 19.3 Å². The predicted molar refractivity (Wildman–Crippen MR) is 123 cm³/mol. The van der Waals surface area contributed by atoms with Crippen LogP contribution in [0.1, 0.15) is 25.3 Å². The first-order chi connectivity index (χ1) is 16.3. The molecule has 34 heavy (non-hydrogen) atoms. The van der Waals surface area contributed by atoms with Crippen molar-refractivity contribution in [3.8, 4) is 11.5 Å². The van der Waals surface area contributed by atoms with Crippen molar-refractivity contribution in [3.05, 3.63) is 54.1 Å². The highest BCUT2D eigenvalue weighted by Gasteiger charge is 2.41. The zero-order chi connectivity index (χ0) is 24.3. The van der Waals surface area contributed by atoms with Gasteiger partial charge in [0.05, 0.1) is 4.90 Å². The lowest BCUT2D eigenvalue weighted by atomic mass is 10.2. The summed E-state index contributed by atoms with van der Waals surface area (Å²) >= 11 is 0. The molecule has 9 nitrogen and oxygen atoms in total. The number of likely N-dealkylation sites (N-methyl/N-ethyl adjacent to an activating group) is 1. The Morgan fingerprint density at radius 2 is 1.82 bits per heavy atom. The molecule has 1 fully saturated rings. The van der Waals surface area contributed by atoms with Crippen LogP contribution < -0.4 is 9.47 Å². The van der Waals surface area contributed by atoms with Crippen LogP contribution in [0.4, 0.5) is 0 Å². The molecule has 0 spiro atoms. The molecule has 1 amide bonds. The van der Waals surface area contributed by atoms with E-state index in [1.165, 1.54) is 24.0 Å².